The van der Waals surface area contributed by atoms with E-state index in [0.717, 1.165) is 5.56 Å². The lowest BCUT2D eigenvalue weighted by Gasteiger charge is -2.20. The highest BCUT2D eigenvalue weighted by molar-refractivity contribution is 7.92. The first-order valence-corrected chi connectivity index (χ1v) is 8.30. The summed E-state index contributed by atoms with van der Waals surface area (Å²) in [6.07, 6.45) is 0.660. The molecule has 0 radical (unpaired) electrons. The standard InChI is InChI=1S/C16H15NO4S/c1-11-6-7-13(10-14(11)16(18)19)22(20,21)17-9-8-12-4-2-3-5-15(12)17/h2-7,10H,8-9H2,1H3,(H,18,19). The second-order valence-corrected chi connectivity index (χ2v) is 7.10. The maximum absolute atomic E-state index is 12.8. The Hall–Kier alpha value is -2.34. The molecule has 0 saturated carbocycles. The zero-order valence-corrected chi connectivity index (χ0v) is 12.8. The number of fused-ring (bicyclic) bond motifs is 1. The van der Waals surface area contributed by atoms with E-state index < -0.39 is 16.0 Å². The van der Waals surface area contributed by atoms with Crippen LogP contribution < -0.4 is 4.31 Å². The van der Waals surface area contributed by atoms with Crippen LogP contribution in [0, 0.1) is 6.92 Å². The molecule has 0 spiro atoms. The van der Waals surface area contributed by atoms with Crippen molar-refractivity contribution in [1.29, 1.82) is 0 Å². The van der Waals surface area contributed by atoms with Gasteiger partial charge in [-0.25, -0.2) is 13.2 Å². The van der Waals surface area contributed by atoms with Crippen LogP contribution in [0.1, 0.15) is 21.5 Å². The molecule has 2 aromatic rings. The van der Waals surface area contributed by atoms with Crippen molar-refractivity contribution >= 4 is 21.7 Å². The van der Waals surface area contributed by atoms with E-state index in [-0.39, 0.29) is 10.5 Å². The van der Waals surface area contributed by atoms with Crippen LogP contribution in [0.15, 0.2) is 47.4 Å². The highest BCUT2D eigenvalue weighted by atomic mass is 32.2. The SMILES string of the molecule is Cc1ccc(S(=O)(=O)N2CCc3ccccc32)cc1C(=O)O. The number of para-hydroxylation sites is 1. The number of benzene rings is 2. The van der Waals surface area contributed by atoms with E-state index in [4.69, 9.17) is 0 Å². The number of nitrogens with zero attached hydrogens (tertiary/aromatic N) is 1. The number of rotatable bonds is 3. The molecule has 22 heavy (non-hydrogen) atoms. The molecule has 1 aliphatic rings. The van der Waals surface area contributed by atoms with E-state index >= 15 is 0 Å². The quantitative estimate of drug-likeness (QED) is 0.943. The summed E-state index contributed by atoms with van der Waals surface area (Å²) in [6, 6.07) is 11.6. The Bertz CT molecular complexity index is 858. The number of aromatic carboxylic acids is 1. The van der Waals surface area contributed by atoms with E-state index in [1.54, 1.807) is 19.1 Å². The van der Waals surface area contributed by atoms with E-state index in [1.807, 2.05) is 12.1 Å². The van der Waals surface area contributed by atoms with E-state index in [9.17, 15) is 18.3 Å². The largest absolute Gasteiger partial charge is 0.478 e. The molecule has 3 rings (SSSR count). The number of hydrogen-bond acceptors (Lipinski definition) is 3. The van der Waals surface area contributed by atoms with Gasteiger partial charge in [-0.15, -0.1) is 0 Å². The van der Waals surface area contributed by atoms with Crippen LogP contribution >= 0.6 is 0 Å². The van der Waals surface area contributed by atoms with Crippen molar-refractivity contribution in [3.8, 4) is 0 Å². The molecular weight excluding hydrogens is 302 g/mol. The van der Waals surface area contributed by atoms with Crippen molar-refractivity contribution in [3.63, 3.8) is 0 Å². The Morgan fingerprint density at radius 3 is 2.64 bits per heavy atom. The summed E-state index contributed by atoms with van der Waals surface area (Å²) in [7, 11) is -3.75. The number of aryl methyl sites for hydroxylation is 1. The third-order valence-electron chi connectivity index (χ3n) is 3.87. The highest BCUT2D eigenvalue weighted by Gasteiger charge is 2.31. The molecule has 114 valence electrons. The minimum absolute atomic E-state index is 0.00667. The van der Waals surface area contributed by atoms with Crippen LogP contribution in [0.3, 0.4) is 0 Å². The lowest BCUT2D eigenvalue weighted by Crippen LogP contribution is -2.29. The highest BCUT2D eigenvalue weighted by Crippen LogP contribution is 2.33. The molecule has 0 aromatic heterocycles. The fourth-order valence-corrected chi connectivity index (χ4v) is 4.21. The van der Waals surface area contributed by atoms with Crippen molar-refractivity contribution in [1.82, 2.24) is 0 Å². The molecule has 1 heterocycles. The van der Waals surface area contributed by atoms with Gasteiger partial charge in [0.25, 0.3) is 10.0 Å². The van der Waals surface area contributed by atoms with Crippen LogP contribution in [0.5, 0.6) is 0 Å². The second-order valence-electron chi connectivity index (χ2n) is 5.24. The number of sulfonamides is 1. The lowest BCUT2D eigenvalue weighted by molar-refractivity contribution is 0.0696. The first-order valence-electron chi connectivity index (χ1n) is 6.86. The molecule has 0 amide bonds. The van der Waals surface area contributed by atoms with Crippen LogP contribution in [0.4, 0.5) is 5.69 Å². The molecule has 2 aromatic carbocycles. The van der Waals surface area contributed by atoms with Gasteiger partial charge in [0.2, 0.25) is 0 Å². The first kappa shape index (κ1) is 14.6. The summed E-state index contributed by atoms with van der Waals surface area (Å²) in [6.45, 7) is 2.02. The summed E-state index contributed by atoms with van der Waals surface area (Å²) in [5.74, 6) is -1.13. The maximum Gasteiger partial charge on any atom is 0.335 e. The van der Waals surface area contributed by atoms with Crippen molar-refractivity contribution in [2.24, 2.45) is 0 Å². The van der Waals surface area contributed by atoms with Gasteiger partial charge in [0.1, 0.15) is 0 Å². The molecule has 1 aliphatic heterocycles. The first-order chi connectivity index (χ1) is 10.4. The van der Waals surface area contributed by atoms with Gasteiger partial charge in [0.15, 0.2) is 0 Å². The zero-order chi connectivity index (χ0) is 15.9. The molecule has 0 bridgehead atoms. The Kier molecular flexibility index (Phi) is 3.41. The summed E-state index contributed by atoms with van der Waals surface area (Å²) >= 11 is 0. The van der Waals surface area contributed by atoms with Gasteiger partial charge in [-0.2, -0.15) is 0 Å². The Labute approximate surface area is 128 Å². The fourth-order valence-electron chi connectivity index (χ4n) is 2.68. The average molecular weight is 317 g/mol. The molecule has 0 unspecified atom stereocenters. The molecule has 0 saturated heterocycles. The third-order valence-corrected chi connectivity index (χ3v) is 5.68. The molecule has 0 atom stereocenters. The van der Waals surface area contributed by atoms with Gasteiger partial charge in [0, 0.05) is 6.54 Å². The van der Waals surface area contributed by atoms with Gasteiger partial charge < -0.3 is 5.11 Å². The van der Waals surface area contributed by atoms with Crippen molar-refractivity contribution in [3.05, 3.63) is 59.2 Å². The van der Waals surface area contributed by atoms with Gasteiger partial charge in [0.05, 0.1) is 16.1 Å². The van der Waals surface area contributed by atoms with Crippen molar-refractivity contribution < 1.29 is 18.3 Å². The maximum atomic E-state index is 12.8. The summed E-state index contributed by atoms with van der Waals surface area (Å²) < 4.78 is 27.0. The summed E-state index contributed by atoms with van der Waals surface area (Å²) in [5, 5.41) is 9.17. The zero-order valence-electron chi connectivity index (χ0n) is 12.0. The molecule has 0 fully saturated rings. The minimum Gasteiger partial charge on any atom is -0.478 e. The van der Waals surface area contributed by atoms with E-state index in [2.05, 4.69) is 0 Å². The molecule has 5 nitrogen and oxygen atoms in total. The number of hydrogen-bond donors (Lipinski definition) is 1. The number of anilines is 1. The number of carboxylic acids is 1. The van der Waals surface area contributed by atoms with Gasteiger partial charge in [-0.1, -0.05) is 24.3 Å². The summed E-state index contributed by atoms with van der Waals surface area (Å²) in [4.78, 5) is 11.2. The molecule has 1 N–H and O–H groups in total. The average Bonchev–Trinajstić information content (AvgIpc) is 2.91. The summed E-state index contributed by atoms with van der Waals surface area (Å²) in [5.41, 5.74) is 2.19. The predicted octanol–water partition coefficient (Wildman–Crippen LogP) is 2.44. The van der Waals surface area contributed by atoms with Crippen LogP contribution in [0.25, 0.3) is 0 Å². The number of carbonyl (C=O) groups is 1. The van der Waals surface area contributed by atoms with Gasteiger partial charge in [-0.05, 0) is 42.7 Å². The normalized spacial score (nSPS) is 14.0. The number of carboxylic acid groups (broad SMARTS) is 1. The van der Waals surface area contributed by atoms with E-state index in [0.29, 0.717) is 24.2 Å². The lowest BCUT2D eigenvalue weighted by atomic mass is 10.1. The predicted molar refractivity (Wildman–Crippen MR) is 82.8 cm³/mol. The molecular formula is C16H15NO4S. The van der Waals surface area contributed by atoms with E-state index in [1.165, 1.54) is 22.5 Å². The molecule has 0 aliphatic carbocycles. The van der Waals surface area contributed by atoms with Crippen molar-refractivity contribution in [2.75, 3.05) is 10.8 Å². The monoisotopic (exact) mass is 317 g/mol. The Morgan fingerprint density at radius 2 is 1.91 bits per heavy atom. The topological polar surface area (TPSA) is 74.7 Å². The van der Waals surface area contributed by atoms with Crippen molar-refractivity contribution in [2.45, 2.75) is 18.2 Å². The second kappa shape index (κ2) is 5.14. The van der Waals surface area contributed by atoms with Crippen LogP contribution in [-0.4, -0.2) is 26.0 Å². The minimum atomic E-state index is -3.75. The Morgan fingerprint density at radius 1 is 1.18 bits per heavy atom. The third kappa shape index (κ3) is 2.25. The van der Waals surface area contributed by atoms with Crippen LogP contribution in [-0.2, 0) is 16.4 Å². The smallest absolute Gasteiger partial charge is 0.335 e. The van der Waals surface area contributed by atoms with Gasteiger partial charge in [-0.3, -0.25) is 4.31 Å². The van der Waals surface area contributed by atoms with Crippen LogP contribution in [0.2, 0.25) is 0 Å². The van der Waals surface area contributed by atoms with Gasteiger partial charge >= 0.3 is 5.97 Å². The fraction of sp³-hybridized carbons (Fsp3) is 0.188. The molecule has 6 heteroatoms. The Balaban J connectivity index is 2.09.